The fourth-order valence-electron chi connectivity index (χ4n) is 1.96. The lowest BCUT2D eigenvalue weighted by molar-refractivity contribution is 0.801. The van der Waals surface area contributed by atoms with E-state index in [1.165, 1.54) is 16.9 Å². The summed E-state index contributed by atoms with van der Waals surface area (Å²) in [5.74, 6) is 0. The van der Waals surface area contributed by atoms with E-state index in [-0.39, 0.29) is 0 Å². The third-order valence-corrected chi connectivity index (χ3v) is 2.66. The molecule has 0 aromatic heterocycles. The van der Waals surface area contributed by atoms with Gasteiger partial charge in [-0.25, -0.2) is 0 Å². The van der Waals surface area contributed by atoms with Crippen LogP contribution < -0.4 is 4.90 Å². The first-order valence-electron chi connectivity index (χ1n) is 4.86. The Morgan fingerprint density at radius 1 is 1.31 bits per heavy atom. The van der Waals surface area contributed by atoms with Crippen LogP contribution in [0, 0.1) is 0 Å². The van der Waals surface area contributed by atoms with Crippen molar-refractivity contribution >= 4 is 5.69 Å². The first-order valence-corrected chi connectivity index (χ1v) is 4.86. The molecule has 68 valence electrons. The van der Waals surface area contributed by atoms with Gasteiger partial charge < -0.3 is 4.90 Å². The summed E-state index contributed by atoms with van der Waals surface area (Å²) in [4.78, 5) is 2.30. The first-order chi connectivity index (χ1) is 6.33. The van der Waals surface area contributed by atoms with Gasteiger partial charge in [0.05, 0.1) is 0 Å². The summed E-state index contributed by atoms with van der Waals surface area (Å²) in [7, 11) is 0. The molecule has 0 amide bonds. The average Bonchev–Trinajstić information content (AvgIpc) is 2.18. The molecular weight excluding hydrogens is 158 g/mol. The second-order valence-corrected chi connectivity index (χ2v) is 3.44. The minimum atomic E-state index is 1.02. The van der Waals surface area contributed by atoms with E-state index in [1.54, 1.807) is 0 Å². The fourth-order valence-corrected chi connectivity index (χ4v) is 1.96. The number of aryl methyl sites for hydroxylation is 1. The molecule has 0 N–H and O–H groups in total. The molecule has 1 nitrogen and oxygen atoms in total. The van der Waals surface area contributed by atoms with Gasteiger partial charge in [-0.2, -0.15) is 0 Å². The second-order valence-electron chi connectivity index (χ2n) is 3.44. The summed E-state index contributed by atoms with van der Waals surface area (Å²) < 4.78 is 0. The Morgan fingerprint density at radius 2 is 2.08 bits per heavy atom. The van der Waals surface area contributed by atoms with Crippen molar-refractivity contribution < 1.29 is 0 Å². The number of fused-ring (bicyclic) bond motifs is 1. The SMILES string of the molecule is C=C1CCc2ccccc2N1CC. The van der Waals surface area contributed by atoms with Crippen LogP contribution in [0.2, 0.25) is 0 Å². The molecule has 0 saturated heterocycles. The van der Waals surface area contributed by atoms with E-state index in [2.05, 4.69) is 42.7 Å². The van der Waals surface area contributed by atoms with Gasteiger partial charge in [0.15, 0.2) is 0 Å². The number of allylic oxidation sites excluding steroid dienone is 1. The van der Waals surface area contributed by atoms with Crippen molar-refractivity contribution in [1.29, 1.82) is 0 Å². The lowest BCUT2D eigenvalue weighted by Crippen LogP contribution is -2.26. The highest BCUT2D eigenvalue weighted by molar-refractivity contribution is 5.60. The number of nitrogens with zero attached hydrogens (tertiary/aromatic N) is 1. The summed E-state index contributed by atoms with van der Waals surface area (Å²) in [6, 6.07) is 8.61. The molecule has 1 aliphatic rings. The maximum Gasteiger partial charge on any atom is 0.0440 e. The number of para-hydroxylation sites is 1. The zero-order valence-corrected chi connectivity index (χ0v) is 8.09. The molecule has 0 fully saturated rings. The Bertz CT molecular complexity index is 328. The molecule has 0 aliphatic carbocycles. The zero-order chi connectivity index (χ0) is 9.26. The van der Waals surface area contributed by atoms with Crippen molar-refractivity contribution in [2.24, 2.45) is 0 Å². The van der Waals surface area contributed by atoms with Gasteiger partial charge in [-0.1, -0.05) is 24.8 Å². The Labute approximate surface area is 79.7 Å². The smallest absolute Gasteiger partial charge is 0.0440 e. The third kappa shape index (κ3) is 1.35. The standard InChI is InChI=1S/C12H15N/c1-3-13-10(2)8-9-11-6-4-5-7-12(11)13/h4-7H,2-3,8-9H2,1H3. The first kappa shape index (κ1) is 8.36. The molecule has 1 heteroatoms. The van der Waals surface area contributed by atoms with Crippen molar-refractivity contribution in [1.82, 2.24) is 0 Å². The van der Waals surface area contributed by atoms with E-state index < -0.39 is 0 Å². The average molecular weight is 173 g/mol. The van der Waals surface area contributed by atoms with E-state index in [0.29, 0.717) is 0 Å². The summed E-state index contributed by atoms with van der Waals surface area (Å²) in [6.07, 6.45) is 2.25. The van der Waals surface area contributed by atoms with Crippen LogP contribution in [0.1, 0.15) is 18.9 Å². The van der Waals surface area contributed by atoms with Crippen LogP contribution in [0.5, 0.6) is 0 Å². The van der Waals surface area contributed by atoms with Crippen LogP contribution in [0.25, 0.3) is 0 Å². The molecule has 1 aliphatic heterocycles. The lowest BCUT2D eigenvalue weighted by Gasteiger charge is -2.32. The maximum atomic E-state index is 4.09. The summed E-state index contributed by atoms with van der Waals surface area (Å²) >= 11 is 0. The van der Waals surface area contributed by atoms with Crippen molar-refractivity contribution in [2.45, 2.75) is 19.8 Å². The lowest BCUT2D eigenvalue weighted by atomic mass is 10.00. The van der Waals surface area contributed by atoms with Gasteiger partial charge in [-0.15, -0.1) is 0 Å². The summed E-state index contributed by atoms with van der Waals surface area (Å²) in [5.41, 5.74) is 4.05. The molecule has 0 atom stereocenters. The van der Waals surface area contributed by atoms with E-state index in [1.807, 2.05) is 0 Å². The molecule has 0 unspecified atom stereocenters. The van der Waals surface area contributed by atoms with E-state index in [9.17, 15) is 0 Å². The van der Waals surface area contributed by atoms with Crippen LogP contribution in [0.4, 0.5) is 5.69 Å². The molecule has 0 bridgehead atoms. The monoisotopic (exact) mass is 173 g/mol. The predicted molar refractivity (Wildman–Crippen MR) is 56.9 cm³/mol. The van der Waals surface area contributed by atoms with Crippen molar-refractivity contribution in [3.05, 3.63) is 42.1 Å². The molecule has 1 heterocycles. The zero-order valence-electron chi connectivity index (χ0n) is 8.09. The van der Waals surface area contributed by atoms with Gasteiger partial charge >= 0.3 is 0 Å². The molecule has 0 radical (unpaired) electrons. The second kappa shape index (κ2) is 3.25. The van der Waals surface area contributed by atoms with E-state index in [4.69, 9.17) is 0 Å². The highest BCUT2D eigenvalue weighted by Crippen LogP contribution is 2.31. The van der Waals surface area contributed by atoms with Crippen molar-refractivity contribution in [2.75, 3.05) is 11.4 Å². The van der Waals surface area contributed by atoms with Gasteiger partial charge in [-0.3, -0.25) is 0 Å². The molecule has 0 spiro atoms. The molecule has 1 aromatic carbocycles. The quantitative estimate of drug-likeness (QED) is 0.631. The number of hydrogen-bond acceptors (Lipinski definition) is 1. The maximum absolute atomic E-state index is 4.09. The van der Waals surface area contributed by atoms with Crippen LogP contribution in [0.15, 0.2) is 36.5 Å². The van der Waals surface area contributed by atoms with Crippen molar-refractivity contribution in [3.63, 3.8) is 0 Å². The summed E-state index contributed by atoms with van der Waals surface area (Å²) in [5, 5.41) is 0. The number of hydrogen-bond donors (Lipinski definition) is 0. The van der Waals surface area contributed by atoms with Gasteiger partial charge in [-0.05, 0) is 31.4 Å². The van der Waals surface area contributed by atoms with Crippen molar-refractivity contribution in [3.8, 4) is 0 Å². The normalized spacial score (nSPS) is 15.8. The van der Waals surface area contributed by atoms with E-state index >= 15 is 0 Å². The van der Waals surface area contributed by atoms with Crippen LogP contribution in [0.3, 0.4) is 0 Å². The molecular formula is C12H15N. The van der Waals surface area contributed by atoms with E-state index in [0.717, 1.165) is 19.4 Å². The Morgan fingerprint density at radius 3 is 2.85 bits per heavy atom. The number of rotatable bonds is 1. The minimum absolute atomic E-state index is 1.02. The number of benzene rings is 1. The Balaban J connectivity index is 2.45. The molecule has 0 saturated carbocycles. The van der Waals surface area contributed by atoms with Gasteiger partial charge in [0.1, 0.15) is 0 Å². The highest BCUT2D eigenvalue weighted by atomic mass is 15.1. The topological polar surface area (TPSA) is 3.24 Å². The molecule has 2 rings (SSSR count). The van der Waals surface area contributed by atoms with Gasteiger partial charge in [0.25, 0.3) is 0 Å². The molecule has 1 aromatic rings. The highest BCUT2D eigenvalue weighted by Gasteiger charge is 2.17. The number of anilines is 1. The Kier molecular flexibility index (Phi) is 2.09. The third-order valence-electron chi connectivity index (χ3n) is 2.66. The van der Waals surface area contributed by atoms with Crippen LogP contribution in [-0.4, -0.2) is 6.54 Å². The van der Waals surface area contributed by atoms with Gasteiger partial charge in [0.2, 0.25) is 0 Å². The van der Waals surface area contributed by atoms with Gasteiger partial charge in [0, 0.05) is 17.9 Å². The van der Waals surface area contributed by atoms with Crippen LogP contribution >= 0.6 is 0 Å². The van der Waals surface area contributed by atoms with Crippen LogP contribution in [-0.2, 0) is 6.42 Å². The Hall–Kier alpha value is -1.24. The largest absolute Gasteiger partial charge is 0.346 e. The summed E-state index contributed by atoms with van der Waals surface area (Å²) in [6.45, 7) is 7.29. The molecule has 13 heavy (non-hydrogen) atoms. The predicted octanol–water partition coefficient (Wildman–Crippen LogP) is 2.97. The minimum Gasteiger partial charge on any atom is -0.346 e. The fraction of sp³-hybridized carbons (Fsp3) is 0.333.